The zero-order chi connectivity index (χ0) is 17.3. The lowest BCUT2D eigenvalue weighted by molar-refractivity contribution is 0.230. The number of hydrogen-bond donors (Lipinski definition) is 1. The average molecular weight is 423 g/mol. The molecule has 5 heterocycles. The monoisotopic (exact) mass is 422 g/mol. The molecule has 0 aromatic carbocycles. The van der Waals surface area contributed by atoms with Crippen LogP contribution in [0.2, 0.25) is 0 Å². The predicted octanol–water partition coefficient (Wildman–Crippen LogP) is 2.35. The van der Waals surface area contributed by atoms with E-state index in [9.17, 15) is 0 Å². The second-order valence-corrected chi connectivity index (χ2v) is 7.57. The number of pyridine rings is 1. The van der Waals surface area contributed by atoms with Crippen molar-refractivity contribution in [2.24, 2.45) is 0 Å². The van der Waals surface area contributed by atoms with Crippen LogP contribution in [-0.2, 0) is 12.8 Å². The van der Waals surface area contributed by atoms with E-state index in [0.717, 1.165) is 57.0 Å². The third-order valence-electron chi connectivity index (χ3n) is 5.97. The third-order valence-corrected chi connectivity index (χ3v) is 5.97. The van der Waals surface area contributed by atoms with E-state index in [0.29, 0.717) is 6.04 Å². The fourth-order valence-corrected chi connectivity index (χ4v) is 4.59. The Kier molecular flexibility index (Phi) is 7.10. The molecule has 0 saturated carbocycles. The Morgan fingerprint density at radius 3 is 2.79 bits per heavy atom. The molecule has 0 radical (unpaired) electrons. The van der Waals surface area contributed by atoms with Crippen LogP contribution in [0.1, 0.15) is 24.1 Å². The molecule has 0 bridgehead atoms. The maximum atomic E-state index is 5.06. The first-order chi connectivity index (χ1) is 12.9. The molecular formula is C20H28Cl2N6. The van der Waals surface area contributed by atoms with Gasteiger partial charge in [-0.25, -0.2) is 9.97 Å². The van der Waals surface area contributed by atoms with Gasteiger partial charge in [-0.1, -0.05) is 0 Å². The summed E-state index contributed by atoms with van der Waals surface area (Å²) in [7, 11) is 0. The van der Waals surface area contributed by atoms with E-state index in [-0.39, 0.29) is 24.8 Å². The van der Waals surface area contributed by atoms with E-state index in [4.69, 9.17) is 9.97 Å². The highest BCUT2D eigenvalue weighted by molar-refractivity contribution is 5.85. The molecule has 0 aliphatic carbocycles. The van der Waals surface area contributed by atoms with E-state index >= 15 is 0 Å². The fraction of sp³-hybridized carbons (Fsp3) is 0.550. The molecule has 2 fully saturated rings. The molecule has 1 N–H and O–H groups in total. The normalized spacial score (nSPS) is 21.7. The Labute approximate surface area is 179 Å². The Morgan fingerprint density at radius 1 is 1.04 bits per heavy atom. The summed E-state index contributed by atoms with van der Waals surface area (Å²) in [4.78, 5) is 19.4. The van der Waals surface area contributed by atoms with Gasteiger partial charge in [-0.15, -0.1) is 24.8 Å². The third kappa shape index (κ3) is 4.10. The summed E-state index contributed by atoms with van der Waals surface area (Å²) in [5.74, 6) is 1.99. The van der Waals surface area contributed by atoms with Gasteiger partial charge in [0.05, 0.1) is 5.69 Å². The SMILES string of the molecule is Cl.Cl.c1cncc(-c2nc3c(c(N4CCN5CCCC5C4)n2)CCNCC3)c1. The quantitative estimate of drug-likeness (QED) is 0.801. The molecule has 1 unspecified atom stereocenters. The highest BCUT2D eigenvalue weighted by Gasteiger charge is 2.32. The van der Waals surface area contributed by atoms with E-state index in [1.165, 1.54) is 36.5 Å². The fourth-order valence-electron chi connectivity index (χ4n) is 4.59. The van der Waals surface area contributed by atoms with E-state index < -0.39 is 0 Å². The van der Waals surface area contributed by atoms with Crippen molar-refractivity contribution >= 4 is 30.6 Å². The number of nitrogens with one attached hydrogen (secondary N) is 1. The second kappa shape index (κ2) is 9.35. The van der Waals surface area contributed by atoms with Crippen LogP contribution in [0.25, 0.3) is 11.4 Å². The lowest BCUT2D eigenvalue weighted by Gasteiger charge is -2.39. The standard InChI is InChI=1S/C20H26N6.2ClH/c1-3-15(13-22-7-1)19-23-18-6-9-21-8-5-17(18)20(24-19)26-12-11-25-10-2-4-16(25)14-26;;/h1,3,7,13,16,21H,2,4-6,8-12,14H2;2*1H. The van der Waals surface area contributed by atoms with Crippen LogP contribution in [0.5, 0.6) is 0 Å². The number of piperazine rings is 1. The minimum absolute atomic E-state index is 0. The molecule has 2 saturated heterocycles. The first-order valence-corrected chi connectivity index (χ1v) is 9.88. The predicted molar refractivity (Wildman–Crippen MR) is 117 cm³/mol. The van der Waals surface area contributed by atoms with Crippen LogP contribution in [0, 0.1) is 0 Å². The van der Waals surface area contributed by atoms with Gasteiger partial charge in [0.1, 0.15) is 5.82 Å². The van der Waals surface area contributed by atoms with E-state index in [2.05, 4.69) is 26.2 Å². The van der Waals surface area contributed by atoms with Crippen molar-refractivity contribution < 1.29 is 0 Å². The van der Waals surface area contributed by atoms with Gasteiger partial charge < -0.3 is 10.2 Å². The molecule has 6 nitrogen and oxygen atoms in total. The van der Waals surface area contributed by atoms with Crippen molar-refractivity contribution in [3.63, 3.8) is 0 Å². The first kappa shape index (κ1) is 21.2. The Morgan fingerprint density at radius 2 is 1.93 bits per heavy atom. The number of aromatic nitrogens is 3. The Balaban J connectivity index is 0.00000112. The molecule has 8 heteroatoms. The molecule has 1 atom stereocenters. The zero-order valence-corrected chi connectivity index (χ0v) is 17.6. The van der Waals surface area contributed by atoms with Gasteiger partial charge in [0.15, 0.2) is 5.82 Å². The smallest absolute Gasteiger partial charge is 0.163 e. The van der Waals surface area contributed by atoms with Crippen molar-refractivity contribution in [3.8, 4) is 11.4 Å². The largest absolute Gasteiger partial charge is 0.353 e. The van der Waals surface area contributed by atoms with Gasteiger partial charge in [0.2, 0.25) is 0 Å². The summed E-state index contributed by atoms with van der Waals surface area (Å²) in [6.07, 6.45) is 8.32. The van der Waals surface area contributed by atoms with Crippen LogP contribution >= 0.6 is 24.8 Å². The van der Waals surface area contributed by atoms with Gasteiger partial charge >= 0.3 is 0 Å². The summed E-state index contributed by atoms with van der Waals surface area (Å²) in [6.45, 7) is 6.60. The molecule has 5 rings (SSSR count). The molecule has 0 spiro atoms. The number of rotatable bonds is 2. The first-order valence-electron chi connectivity index (χ1n) is 9.88. The maximum absolute atomic E-state index is 5.06. The molecular weight excluding hydrogens is 395 g/mol. The van der Waals surface area contributed by atoms with Crippen LogP contribution in [0.3, 0.4) is 0 Å². The lowest BCUT2D eigenvalue weighted by atomic mass is 10.1. The number of halogens is 2. The van der Waals surface area contributed by atoms with Crippen molar-refractivity contribution in [1.29, 1.82) is 0 Å². The van der Waals surface area contributed by atoms with Gasteiger partial charge in [0, 0.05) is 62.2 Å². The molecule has 3 aliphatic rings. The van der Waals surface area contributed by atoms with E-state index in [1.54, 1.807) is 6.20 Å². The highest BCUT2D eigenvalue weighted by atomic mass is 35.5. The van der Waals surface area contributed by atoms with Gasteiger partial charge in [-0.05, 0) is 44.5 Å². The van der Waals surface area contributed by atoms with Crippen LogP contribution in [0.4, 0.5) is 5.82 Å². The van der Waals surface area contributed by atoms with Crippen LogP contribution in [-0.4, -0.2) is 65.2 Å². The molecule has 28 heavy (non-hydrogen) atoms. The van der Waals surface area contributed by atoms with Gasteiger partial charge in [-0.3, -0.25) is 9.88 Å². The molecule has 2 aromatic rings. The number of nitrogens with zero attached hydrogens (tertiary/aromatic N) is 5. The maximum Gasteiger partial charge on any atom is 0.163 e. The van der Waals surface area contributed by atoms with Crippen molar-refractivity contribution in [1.82, 2.24) is 25.2 Å². The number of anilines is 1. The van der Waals surface area contributed by atoms with Gasteiger partial charge in [-0.2, -0.15) is 0 Å². The Bertz CT molecular complexity index is 788. The number of hydrogen-bond acceptors (Lipinski definition) is 6. The van der Waals surface area contributed by atoms with Crippen LogP contribution in [0.15, 0.2) is 24.5 Å². The second-order valence-electron chi connectivity index (χ2n) is 7.57. The minimum atomic E-state index is 0. The van der Waals surface area contributed by atoms with Crippen LogP contribution < -0.4 is 10.2 Å². The van der Waals surface area contributed by atoms with Gasteiger partial charge in [0.25, 0.3) is 0 Å². The topological polar surface area (TPSA) is 57.2 Å². The summed E-state index contributed by atoms with van der Waals surface area (Å²) in [5, 5.41) is 3.51. The van der Waals surface area contributed by atoms with Crippen molar-refractivity contribution in [2.75, 3.05) is 44.2 Å². The van der Waals surface area contributed by atoms with E-state index in [1.807, 2.05) is 12.3 Å². The van der Waals surface area contributed by atoms with Crippen molar-refractivity contribution in [3.05, 3.63) is 35.8 Å². The lowest BCUT2D eigenvalue weighted by Crippen LogP contribution is -2.50. The molecule has 152 valence electrons. The average Bonchev–Trinajstić information content (AvgIpc) is 3.03. The summed E-state index contributed by atoms with van der Waals surface area (Å²) < 4.78 is 0. The highest BCUT2D eigenvalue weighted by Crippen LogP contribution is 2.30. The summed E-state index contributed by atoms with van der Waals surface area (Å²) in [5.41, 5.74) is 3.58. The summed E-state index contributed by atoms with van der Waals surface area (Å²) >= 11 is 0. The summed E-state index contributed by atoms with van der Waals surface area (Å²) in [6, 6.07) is 4.71. The van der Waals surface area contributed by atoms with Crippen molar-refractivity contribution in [2.45, 2.75) is 31.7 Å². The number of fused-ring (bicyclic) bond motifs is 2. The minimum Gasteiger partial charge on any atom is -0.353 e. The molecule has 2 aromatic heterocycles. The molecule has 0 amide bonds. The molecule has 3 aliphatic heterocycles. The Hall–Kier alpha value is -1.47. The zero-order valence-electron chi connectivity index (χ0n) is 16.0.